The number of hydrogen-bond donors (Lipinski definition) is 4. The van der Waals surface area contributed by atoms with Crippen LogP contribution in [0.3, 0.4) is 0 Å². The Kier molecular flexibility index (Phi) is 18.4. The van der Waals surface area contributed by atoms with E-state index in [4.69, 9.17) is 20.4 Å². The van der Waals surface area contributed by atoms with Gasteiger partial charge in [-0.2, -0.15) is 0 Å². The highest BCUT2D eigenvalue weighted by Crippen LogP contribution is 2.05. The molecule has 0 aromatic heterocycles. The summed E-state index contributed by atoms with van der Waals surface area (Å²) < 4.78 is 0. The molecule has 156 valence electrons. The molecule has 0 saturated heterocycles. The van der Waals surface area contributed by atoms with Gasteiger partial charge in [-0.05, 0) is 42.5 Å². The van der Waals surface area contributed by atoms with Crippen LogP contribution in [0.1, 0.15) is 41.4 Å². The van der Waals surface area contributed by atoms with Crippen LogP contribution in [-0.2, 0) is 0 Å². The molecule has 0 aliphatic carbocycles. The summed E-state index contributed by atoms with van der Waals surface area (Å²) in [6, 6.07) is 10.2. The van der Waals surface area contributed by atoms with Gasteiger partial charge >= 0.3 is 23.9 Å². The van der Waals surface area contributed by atoms with Crippen LogP contribution in [0.5, 0.6) is 0 Å². The number of hydrogen-bond acceptors (Lipinski definition) is 4. The predicted octanol–water partition coefficient (Wildman–Crippen LogP) is 3.85. The van der Waals surface area contributed by atoms with Crippen molar-refractivity contribution in [1.82, 2.24) is 0 Å². The maximum atomic E-state index is 10.4. The summed E-state index contributed by atoms with van der Waals surface area (Å²) in [6.45, 7) is 0. The van der Waals surface area contributed by atoms with E-state index in [9.17, 15) is 19.2 Å². The molecule has 0 radical (unpaired) electrons. The first-order valence-electron chi connectivity index (χ1n) is 6.35. The molecule has 0 spiro atoms. The van der Waals surface area contributed by atoms with Crippen LogP contribution in [0.25, 0.3) is 0 Å². The molecule has 12 heteroatoms. The summed E-state index contributed by atoms with van der Waals surface area (Å²) in [5.74, 6) is -4.38. The van der Waals surface area contributed by atoms with Crippen LogP contribution < -0.4 is 0 Å². The molecule has 4 N–H and O–H groups in total. The fraction of sp³-hybridized carbons (Fsp3) is 0. The summed E-state index contributed by atoms with van der Waals surface area (Å²) in [4.78, 5) is 41.4. The average molecular weight is 478 g/mol. The van der Waals surface area contributed by atoms with E-state index in [0.717, 1.165) is 6.07 Å². The molecule has 0 amide bonds. The first-order chi connectivity index (χ1) is 11.2. The van der Waals surface area contributed by atoms with Gasteiger partial charge in [-0.3, -0.25) is 0 Å². The smallest absolute Gasteiger partial charge is 0.335 e. The summed E-state index contributed by atoms with van der Waals surface area (Å²) in [6.07, 6.45) is 0. The molecule has 0 aliphatic heterocycles. The lowest BCUT2D eigenvalue weighted by Crippen LogP contribution is -2.01. The zero-order valence-electron chi connectivity index (χ0n) is 13.7. The van der Waals surface area contributed by atoms with E-state index in [2.05, 4.69) is 0 Å². The molecular formula is C16H16Cl4O8. The van der Waals surface area contributed by atoms with E-state index in [1.54, 1.807) is 0 Å². The van der Waals surface area contributed by atoms with Gasteiger partial charge in [-0.1, -0.05) is 6.07 Å². The van der Waals surface area contributed by atoms with Gasteiger partial charge in [0, 0.05) is 0 Å². The Balaban J connectivity index is -0.000000180. The minimum atomic E-state index is -1.13. The summed E-state index contributed by atoms with van der Waals surface area (Å²) >= 11 is 0. The van der Waals surface area contributed by atoms with Crippen molar-refractivity contribution in [3.8, 4) is 0 Å². The lowest BCUT2D eigenvalue weighted by atomic mass is 10.1. The summed E-state index contributed by atoms with van der Waals surface area (Å²) in [7, 11) is 0. The lowest BCUT2D eigenvalue weighted by Gasteiger charge is -1.95. The molecule has 0 unspecified atom stereocenters. The Morgan fingerprint density at radius 1 is 0.464 bits per heavy atom. The fourth-order valence-corrected chi connectivity index (χ4v) is 1.54. The number of aromatic carboxylic acids is 4. The standard InChI is InChI=1S/2C8H6O4.4ClH/c9-7(10)5-1-2-6(4-3-5)8(11)12;9-7(10)5-2-1-3-6(4-5)8(11)12;;;;/h2*1-4H,(H,9,10)(H,11,12);4*1H. The monoisotopic (exact) mass is 476 g/mol. The third-order valence-corrected chi connectivity index (χ3v) is 2.74. The van der Waals surface area contributed by atoms with Crippen LogP contribution in [0.15, 0.2) is 48.5 Å². The Hall–Kier alpha value is -2.52. The van der Waals surface area contributed by atoms with Crippen molar-refractivity contribution < 1.29 is 39.6 Å². The largest absolute Gasteiger partial charge is 0.478 e. The molecule has 0 aliphatic rings. The molecule has 0 saturated carbocycles. The van der Waals surface area contributed by atoms with Crippen LogP contribution in [0.2, 0.25) is 0 Å². The van der Waals surface area contributed by atoms with Gasteiger partial charge in [0.1, 0.15) is 0 Å². The molecule has 0 fully saturated rings. The maximum absolute atomic E-state index is 10.4. The molecule has 8 nitrogen and oxygen atoms in total. The second-order valence-corrected chi connectivity index (χ2v) is 4.38. The second kappa shape index (κ2) is 15.5. The molecule has 2 rings (SSSR count). The van der Waals surface area contributed by atoms with Crippen molar-refractivity contribution in [3.05, 3.63) is 70.8 Å². The number of benzene rings is 2. The van der Waals surface area contributed by atoms with Crippen molar-refractivity contribution in [2.24, 2.45) is 0 Å². The van der Waals surface area contributed by atoms with E-state index in [-0.39, 0.29) is 71.9 Å². The summed E-state index contributed by atoms with van der Waals surface area (Å²) in [5.41, 5.74) is 0.129. The molecular weight excluding hydrogens is 462 g/mol. The van der Waals surface area contributed by atoms with E-state index >= 15 is 0 Å². The molecule has 2 aromatic rings. The highest BCUT2D eigenvalue weighted by atomic mass is 35.5. The number of carbonyl (C=O) groups is 4. The van der Waals surface area contributed by atoms with Gasteiger partial charge in [-0.15, -0.1) is 49.6 Å². The van der Waals surface area contributed by atoms with Gasteiger partial charge in [0.2, 0.25) is 0 Å². The molecule has 2 aromatic carbocycles. The van der Waals surface area contributed by atoms with E-state index in [1.807, 2.05) is 0 Å². The quantitative estimate of drug-likeness (QED) is 0.518. The fourth-order valence-electron chi connectivity index (χ4n) is 1.54. The average Bonchev–Trinajstić information content (AvgIpc) is 2.55. The SMILES string of the molecule is Cl.Cl.Cl.Cl.O=C(O)c1ccc(C(=O)O)cc1.O=C(O)c1cccc(C(=O)O)c1. The highest BCUT2D eigenvalue weighted by molar-refractivity contribution is 5.93. The number of rotatable bonds is 4. The van der Waals surface area contributed by atoms with Gasteiger partial charge in [0.05, 0.1) is 22.3 Å². The Morgan fingerprint density at radius 2 is 0.714 bits per heavy atom. The second-order valence-electron chi connectivity index (χ2n) is 4.38. The third-order valence-electron chi connectivity index (χ3n) is 2.74. The lowest BCUT2D eigenvalue weighted by molar-refractivity contribution is 0.0681. The zero-order chi connectivity index (χ0) is 18.3. The van der Waals surface area contributed by atoms with E-state index < -0.39 is 23.9 Å². The first-order valence-corrected chi connectivity index (χ1v) is 6.35. The maximum Gasteiger partial charge on any atom is 0.335 e. The molecule has 0 heterocycles. The minimum Gasteiger partial charge on any atom is -0.478 e. The normalized spacial score (nSPS) is 8.00. The summed E-state index contributed by atoms with van der Waals surface area (Å²) in [5, 5.41) is 33.9. The van der Waals surface area contributed by atoms with Gasteiger partial charge in [-0.25, -0.2) is 19.2 Å². The van der Waals surface area contributed by atoms with Gasteiger partial charge in [0.25, 0.3) is 0 Å². The molecule has 28 heavy (non-hydrogen) atoms. The Morgan fingerprint density at radius 3 is 0.929 bits per heavy atom. The third kappa shape index (κ3) is 10.6. The zero-order valence-corrected chi connectivity index (χ0v) is 16.9. The topological polar surface area (TPSA) is 149 Å². The van der Waals surface area contributed by atoms with E-state index in [1.165, 1.54) is 42.5 Å². The Labute approximate surface area is 183 Å². The first kappa shape index (κ1) is 33.1. The van der Waals surface area contributed by atoms with Gasteiger partial charge in [0.15, 0.2) is 0 Å². The highest BCUT2D eigenvalue weighted by Gasteiger charge is 2.07. The van der Waals surface area contributed by atoms with Crippen molar-refractivity contribution in [2.75, 3.05) is 0 Å². The number of carboxylic acid groups (broad SMARTS) is 4. The van der Waals surface area contributed by atoms with Crippen molar-refractivity contribution in [1.29, 1.82) is 0 Å². The molecule has 0 bridgehead atoms. The van der Waals surface area contributed by atoms with Crippen LogP contribution in [0, 0.1) is 0 Å². The molecule has 0 atom stereocenters. The Bertz CT molecular complexity index is 731. The number of halogens is 4. The van der Waals surface area contributed by atoms with Crippen molar-refractivity contribution in [3.63, 3.8) is 0 Å². The predicted molar refractivity (Wildman–Crippen MR) is 110 cm³/mol. The van der Waals surface area contributed by atoms with Crippen LogP contribution >= 0.6 is 49.6 Å². The van der Waals surface area contributed by atoms with Crippen LogP contribution in [-0.4, -0.2) is 44.3 Å². The van der Waals surface area contributed by atoms with E-state index in [0.29, 0.717) is 0 Å². The van der Waals surface area contributed by atoms with Crippen molar-refractivity contribution >= 4 is 73.5 Å². The minimum absolute atomic E-state index is 0. The number of carboxylic acids is 4. The van der Waals surface area contributed by atoms with Crippen molar-refractivity contribution in [2.45, 2.75) is 0 Å². The van der Waals surface area contributed by atoms with Crippen LogP contribution in [0.4, 0.5) is 0 Å². The van der Waals surface area contributed by atoms with Gasteiger partial charge < -0.3 is 20.4 Å².